The SMILES string of the molecule is C=C1CC/C=C\Cc2ccccc2N1c1cccc(-c2cccc(-c3ccccc3-n3c4ccc(C#N)cc4c4cc(C#N)ccc43)c2C)c1. The van der Waals surface area contributed by atoms with E-state index in [-0.39, 0.29) is 0 Å². The van der Waals surface area contributed by atoms with Crippen LogP contribution in [0.5, 0.6) is 0 Å². The molecule has 0 atom stereocenters. The lowest BCUT2D eigenvalue weighted by Gasteiger charge is -2.29. The van der Waals surface area contributed by atoms with Crippen LogP contribution in [0.15, 0.2) is 152 Å². The molecule has 0 radical (unpaired) electrons. The molecule has 0 amide bonds. The van der Waals surface area contributed by atoms with Crippen LogP contribution in [0.4, 0.5) is 11.4 Å². The van der Waals surface area contributed by atoms with Crippen molar-refractivity contribution in [1.29, 1.82) is 10.5 Å². The number of nitriles is 2. The molecule has 8 rings (SSSR count). The Morgan fingerprint density at radius 2 is 1.26 bits per heavy atom. The van der Waals surface area contributed by atoms with Gasteiger partial charge in [-0.2, -0.15) is 10.5 Å². The van der Waals surface area contributed by atoms with Gasteiger partial charge in [-0.05, 0) is 115 Å². The van der Waals surface area contributed by atoms with Crippen molar-refractivity contribution in [1.82, 2.24) is 4.57 Å². The molecule has 0 unspecified atom stereocenters. The molecule has 0 fully saturated rings. The van der Waals surface area contributed by atoms with E-state index in [4.69, 9.17) is 0 Å². The highest BCUT2D eigenvalue weighted by atomic mass is 15.1. The zero-order valence-electron chi connectivity index (χ0n) is 27.9. The smallest absolute Gasteiger partial charge is 0.0991 e. The van der Waals surface area contributed by atoms with Crippen LogP contribution < -0.4 is 4.90 Å². The third-order valence-corrected chi connectivity index (χ3v) is 9.86. The van der Waals surface area contributed by atoms with Crippen LogP contribution in [0.1, 0.15) is 35.1 Å². The predicted molar refractivity (Wildman–Crippen MR) is 206 cm³/mol. The molecule has 1 aliphatic heterocycles. The molecule has 238 valence electrons. The first-order valence-corrected chi connectivity index (χ1v) is 16.9. The highest BCUT2D eigenvalue weighted by Gasteiger charge is 2.20. The molecule has 7 aromatic rings. The monoisotopic (exact) mass is 642 g/mol. The molecule has 6 aromatic carbocycles. The van der Waals surface area contributed by atoms with E-state index < -0.39 is 0 Å². The first-order chi connectivity index (χ1) is 24.6. The van der Waals surface area contributed by atoms with Crippen LogP contribution in [0.25, 0.3) is 49.7 Å². The minimum atomic E-state index is 0.591. The van der Waals surface area contributed by atoms with Crippen LogP contribution in [0.2, 0.25) is 0 Å². The lowest BCUT2D eigenvalue weighted by Crippen LogP contribution is -2.17. The van der Waals surface area contributed by atoms with Gasteiger partial charge in [-0.25, -0.2) is 0 Å². The molecule has 4 nitrogen and oxygen atoms in total. The van der Waals surface area contributed by atoms with Crippen molar-refractivity contribution < 1.29 is 0 Å². The normalized spacial score (nSPS) is 13.6. The number of hydrogen-bond donors (Lipinski definition) is 0. The molecule has 0 spiro atoms. The molecular weight excluding hydrogens is 609 g/mol. The fourth-order valence-corrected chi connectivity index (χ4v) is 7.45. The fraction of sp³-hybridized carbons (Fsp3) is 0.0870. The van der Waals surface area contributed by atoms with E-state index in [0.717, 1.165) is 74.8 Å². The van der Waals surface area contributed by atoms with E-state index in [2.05, 4.69) is 138 Å². The molecular formula is C46H34N4. The minimum absolute atomic E-state index is 0.591. The Kier molecular flexibility index (Phi) is 7.84. The fourth-order valence-electron chi connectivity index (χ4n) is 7.45. The summed E-state index contributed by atoms with van der Waals surface area (Å²) in [6, 6.07) is 48.7. The Balaban J connectivity index is 1.27. The first kappa shape index (κ1) is 30.7. The van der Waals surface area contributed by atoms with Crippen molar-refractivity contribution in [2.24, 2.45) is 0 Å². The first-order valence-electron chi connectivity index (χ1n) is 16.9. The van der Waals surface area contributed by atoms with Crippen molar-refractivity contribution in [2.45, 2.75) is 26.2 Å². The molecule has 1 aliphatic rings. The molecule has 0 aliphatic carbocycles. The van der Waals surface area contributed by atoms with Gasteiger partial charge in [0, 0.05) is 33.4 Å². The van der Waals surface area contributed by atoms with Crippen molar-refractivity contribution in [3.63, 3.8) is 0 Å². The minimum Gasteiger partial charge on any atom is -0.315 e. The van der Waals surface area contributed by atoms with E-state index in [1.165, 1.54) is 22.4 Å². The lowest BCUT2D eigenvalue weighted by molar-refractivity contribution is 0.940. The maximum absolute atomic E-state index is 9.70. The quantitative estimate of drug-likeness (QED) is 0.180. The molecule has 2 heterocycles. The molecule has 0 saturated heterocycles. The Morgan fingerprint density at radius 3 is 2.00 bits per heavy atom. The summed E-state index contributed by atoms with van der Waals surface area (Å²) in [7, 11) is 0. The van der Waals surface area contributed by atoms with Crippen LogP contribution in [-0.2, 0) is 6.42 Å². The van der Waals surface area contributed by atoms with Gasteiger partial charge in [-0.15, -0.1) is 0 Å². The van der Waals surface area contributed by atoms with Crippen molar-refractivity contribution in [3.05, 3.63) is 174 Å². The Labute approximate surface area is 292 Å². The summed E-state index contributed by atoms with van der Waals surface area (Å²) in [5.41, 5.74) is 14.6. The zero-order chi connectivity index (χ0) is 34.2. The average Bonchev–Trinajstić information content (AvgIpc) is 3.51. The van der Waals surface area contributed by atoms with Crippen LogP contribution in [-0.4, -0.2) is 4.57 Å². The van der Waals surface area contributed by atoms with Gasteiger partial charge in [0.05, 0.1) is 40.0 Å². The molecule has 0 N–H and O–H groups in total. The van der Waals surface area contributed by atoms with E-state index in [9.17, 15) is 10.5 Å². The number of rotatable bonds is 4. The zero-order valence-corrected chi connectivity index (χ0v) is 27.9. The summed E-state index contributed by atoms with van der Waals surface area (Å²) in [6.45, 7) is 6.75. The summed E-state index contributed by atoms with van der Waals surface area (Å²) in [6.07, 6.45) is 7.28. The number of allylic oxidation sites excluding steroid dienone is 3. The summed E-state index contributed by atoms with van der Waals surface area (Å²) in [5, 5.41) is 21.3. The summed E-state index contributed by atoms with van der Waals surface area (Å²) < 4.78 is 2.26. The maximum Gasteiger partial charge on any atom is 0.0991 e. The van der Waals surface area contributed by atoms with Gasteiger partial charge >= 0.3 is 0 Å². The van der Waals surface area contributed by atoms with Gasteiger partial charge in [0.15, 0.2) is 0 Å². The van der Waals surface area contributed by atoms with Crippen LogP contribution in [0, 0.1) is 29.6 Å². The standard InChI is InChI=1S/C46H34N4/c1-31-12-4-3-5-13-35-14-6-8-20-43(35)49(31)37-16-10-15-36(28-37)38-18-11-19-39(32(38)2)40-17-7-9-21-44(40)50-45-24-22-33(29-47)26-41(45)42-27-34(30-48)23-25-46(42)50/h3,5-11,14-28H,1,4,12-13H2,2H3/b5-3-. The van der Waals surface area contributed by atoms with Gasteiger partial charge in [0.25, 0.3) is 0 Å². The molecule has 0 bridgehead atoms. The third kappa shape index (κ3) is 5.25. The lowest BCUT2D eigenvalue weighted by atomic mass is 9.91. The van der Waals surface area contributed by atoms with Crippen molar-refractivity contribution in [2.75, 3.05) is 4.90 Å². The van der Waals surface area contributed by atoms with Gasteiger partial charge in [-0.1, -0.05) is 85.5 Å². The topological polar surface area (TPSA) is 55.8 Å². The van der Waals surface area contributed by atoms with E-state index in [1.54, 1.807) is 0 Å². The number of fused-ring (bicyclic) bond motifs is 4. The van der Waals surface area contributed by atoms with E-state index >= 15 is 0 Å². The Morgan fingerprint density at radius 1 is 0.620 bits per heavy atom. The van der Waals surface area contributed by atoms with Gasteiger partial charge in [-0.3, -0.25) is 0 Å². The van der Waals surface area contributed by atoms with Gasteiger partial charge < -0.3 is 9.47 Å². The Hall–Kier alpha value is -6.62. The number of aromatic nitrogens is 1. The van der Waals surface area contributed by atoms with Gasteiger partial charge in [0.1, 0.15) is 0 Å². The van der Waals surface area contributed by atoms with Crippen LogP contribution >= 0.6 is 0 Å². The molecule has 4 heteroatoms. The summed E-state index contributed by atoms with van der Waals surface area (Å²) >= 11 is 0. The summed E-state index contributed by atoms with van der Waals surface area (Å²) in [4.78, 5) is 2.33. The maximum atomic E-state index is 9.70. The second-order valence-corrected chi connectivity index (χ2v) is 12.8. The third-order valence-electron chi connectivity index (χ3n) is 9.86. The largest absolute Gasteiger partial charge is 0.315 e. The molecule has 0 saturated carbocycles. The second-order valence-electron chi connectivity index (χ2n) is 12.8. The van der Waals surface area contributed by atoms with Crippen molar-refractivity contribution >= 4 is 33.2 Å². The highest BCUT2D eigenvalue weighted by Crippen LogP contribution is 2.41. The summed E-state index contributed by atoms with van der Waals surface area (Å²) in [5.74, 6) is 0. The molecule has 50 heavy (non-hydrogen) atoms. The number of hydrogen-bond acceptors (Lipinski definition) is 3. The van der Waals surface area contributed by atoms with E-state index in [1.807, 2.05) is 36.4 Å². The number of para-hydroxylation sites is 2. The van der Waals surface area contributed by atoms with Crippen LogP contribution in [0.3, 0.4) is 0 Å². The number of nitrogens with zero attached hydrogens (tertiary/aromatic N) is 4. The van der Waals surface area contributed by atoms with Gasteiger partial charge in [0.2, 0.25) is 0 Å². The van der Waals surface area contributed by atoms with E-state index in [0.29, 0.717) is 11.1 Å². The van der Waals surface area contributed by atoms with Crippen molar-refractivity contribution in [3.8, 4) is 40.1 Å². The molecule has 1 aromatic heterocycles. The average molecular weight is 643 g/mol. The predicted octanol–water partition coefficient (Wildman–Crippen LogP) is 11.7. The Bertz CT molecular complexity index is 2520. The number of anilines is 2. The highest BCUT2D eigenvalue weighted by molar-refractivity contribution is 6.10. The second kappa shape index (κ2) is 12.8. The number of benzene rings is 6.